The lowest BCUT2D eigenvalue weighted by molar-refractivity contribution is -0.143. The fourth-order valence-corrected chi connectivity index (χ4v) is 3.07. The largest absolute Gasteiger partial charge is 0.481 e. The molecule has 0 aliphatic heterocycles. The summed E-state index contributed by atoms with van der Waals surface area (Å²) < 4.78 is 0. The monoisotopic (exact) mass is 462 g/mol. The van der Waals surface area contributed by atoms with Crippen molar-refractivity contribution < 1.29 is 34.2 Å². The molecule has 12 heteroatoms. The van der Waals surface area contributed by atoms with Gasteiger partial charge in [0.1, 0.15) is 18.1 Å². The maximum absolute atomic E-state index is 12.6. The number of carboxylic acid groups (broad SMARTS) is 2. The van der Waals surface area contributed by atoms with E-state index in [2.05, 4.69) is 16.0 Å². The minimum absolute atomic E-state index is 0.200. The lowest BCUT2D eigenvalue weighted by Gasteiger charge is -2.23. The van der Waals surface area contributed by atoms with Crippen molar-refractivity contribution in [2.24, 2.45) is 11.7 Å². The number of nitrogens with one attached hydrogen (secondary N) is 3. The molecule has 31 heavy (non-hydrogen) atoms. The van der Waals surface area contributed by atoms with E-state index in [4.69, 9.17) is 15.9 Å². The Hall–Kier alpha value is -2.34. The molecule has 11 nitrogen and oxygen atoms in total. The number of hydrogen-bond donors (Lipinski definition) is 6. The van der Waals surface area contributed by atoms with Gasteiger partial charge in [0.2, 0.25) is 17.7 Å². The highest BCUT2D eigenvalue weighted by atomic mass is 32.2. The van der Waals surface area contributed by atoms with Crippen LogP contribution in [0.15, 0.2) is 0 Å². The van der Waals surface area contributed by atoms with Crippen molar-refractivity contribution in [1.29, 1.82) is 0 Å². The van der Waals surface area contributed by atoms with Gasteiger partial charge in [0.25, 0.3) is 0 Å². The Morgan fingerprint density at radius 1 is 0.871 bits per heavy atom. The normalized spacial score (nSPS) is 14.8. The van der Waals surface area contributed by atoms with E-state index in [1.807, 2.05) is 20.1 Å². The second-order valence-corrected chi connectivity index (χ2v) is 8.63. The summed E-state index contributed by atoms with van der Waals surface area (Å²) in [4.78, 5) is 59.1. The van der Waals surface area contributed by atoms with Crippen molar-refractivity contribution in [2.75, 3.05) is 12.0 Å². The number of carbonyl (C=O) groups excluding carboxylic acids is 3. The van der Waals surface area contributed by atoms with E-state index in [9.17, 15) is 24.0 Å². The van der Waals surface area contributed by atoms with Crippen LogP contribution in [0.1, 0.15) is 46.5 Å². The number of aliphatic carboxylic acids is 2. The van der Waals surface area contributed by atoms with E-state index in [1.165, 1.54) is 18.7 Å². The van der Waals surface area contributed by atoms with Gasteiger partial charge in [-0.1, -0.05) is 13.8 Å². The number of rotatable bonds is 15. The molecule has 178 valence electrons. The standard InChI is InChI=1S/C19H34N4O7S/c1-10(2)9-12(20)17(27)22-13(7-8-31-4)18(28)21-11(3)16(26)23-14(19(29)30)5-6-15(24)25/h10-14H,5-9,20H2,1-4H3,(H,21,28)(H,22,27)(H,23,26)(H,24,25)(H,29,30). The van der Waals surface area contributed by atoms with Crippen LogP contribution in [0.3, 0.4) is 0 Å². The summed E-state index contributed by atoms with van der Waals surface area (Å²) in [7, 11) is 0. The SMILES string of the molecule is CSCCC(NC(=O)C(N)CC(C)C)C(=O)NC(C)C(=O)NC(CCC(=O)O)C(=O)O. The van der Waals surface area contributed by atoms with Crippen LogP contribution in [0.4, 0.5) is 0 Å². The highest BCUT2D eigenvalue weighted by molar-refractivity contribution is 7.98. The van der Waals surface area contributed by atoms with Crippen molar-refractivity contribution in [2.45, 2.75) is 70.6 Å². The second kappa shape index (κ2) is 14.6. The van der Waals surface area contributed by atoms with Gasteiger partial charge in [-0.15, -0.1) is 0 Å². The van der Waals surface area contributed by atoms with Gasteiger partial charge in [0.05, 0.1) is 6.04 Å². The summed E-state index contributed by atoms with van der Waals surface area (Å²) in [6.07, 6.45) is 1.89. The molecule has 0 aromatic rings. The molecule has 0 saturated carbocycles. The molecule has 0 aromatic heterocycles. The van der Waals surface area contributed by atoms with Crippen LogP contribution in [0.2, 0.25) is 0 Å². The third-order valence-electron chi connectivity index (χ3n) is 4.32. The third-order valence-corrected chi connectivity index (χ3v) is 4.96. The first-order valence-corrected chi connectivity index (χ1v) is 11.4. The molecule has 0 aliphatic rings. The molecular formula is C19H34N4O7S. The Balaban J connectivity index is 5.01. The summed E-state index contributed by atoms with van der Waals surface area (Å²) in [6, 6.07) is -4.17. The lowest BCUT2D eigenvalue weighted by Crippen LogP contribution is -2.56. The van der Waals surface area contributed by atoms with E-state index < -0.39 is 60.2 Å². The molecule has 7 N–H and O–H groups in total. The van der Waals surface area contributed by atoms with Crippen LogP contribution in [-0.4, -0.2) is 76.0 Å². The maximum Gasteiger partial charge on any atom is 0.326 e. The molecular weight excluding hydrogens is 428 g/mol. The molecule has 4 unspecified atom stereocenters. The predicted molar refractivity (Wildman–Crippen MR) is 116 cm³/mol. The Morgan fingerprint density at radius 2 is 1.45 bits per heavy atom. The van der Waals surface area contributed by atoms with Crippen LogP contribution >= 0.6 is 11.8 Å². The molecule has 0 spiro atoms. The van der Waals surface area contributed by atoms with E-state index in [-0.39, 0.29) is 12.3 Å². The van der Waals surface area contributed by atoms with Gasteiger partial charge in [-0.25, -0.2) is 4.79 Å². The topological polar surface area (TPSA) is 188 Å². The van der Waals surface area contributed by atoms with E-state index in [0.717, 1.165) is 0 Å². The third kappa shape index (κ3) is 12.2. The fourth-order valence-electron chi connectivity index (χ4n) is 2.60. The van der Waals surface area contributed by atoms with E-state index in [0.29, 0.717) is 18.6 Å². The number of hydrogen-bond acceptors (Lipinski definition) is 7. The number of carboxylic acids is 2. The van der Waals surface area contributed by atoms with Crippen molar-refractivity contribution in [1.82, 2.24) is 16.0 Å². The molecule has 0 radical (unpaired) electrons. The zero-order valence-corrected chi connectivity index (χ0v) is 19.2. The first-order valence-electron chi connectivity index (χ1n) is 9.99. The van der Waals surface area contributed by atoms with Crippen LogP contribution in [-0.2, 0) is 24.0 Å². The van der Waals surface area contributed by atoms with Gasteiger partial charge < -0.3 is 31.9 Å². The highest BCUT2D eigenvalue weighted by Crippen LogP contribution is 2.06. The fraction of sp³-hybridized carbons (Fsp3) is 0.737. The smallest absolute Gasteiger partial charge is 0.326 e. The van der Waals surface area contributed by atoms with Gasteiger partial charge in [0.15, 0.2) is 0 Å². The Bertz CT molecular complexity index is 645. The average Bonchev–Trinajstić information content (AvgIpc) is 2.66. The first-order chi connectivity index (χ1) is 14.4. The Kier molecular flexibility index (Phi) is 13.5. The highest BCUT2D eigenvalue weighted by Gasteiger charge is 2.28. The average molecular weight is 463 g/mol. The minimum atomic E-state index is -1.40. The van der Waals surface area contributed by atoms with Crippen molar-refractivity contribution in [3.05, 3.63) is 0 Å². The van der Waals surface area contributed by atoms with E-state index >= 15 is 0 Å². The predicted octanol–water partition coefficient (Wildman–Crippen LogP) is -0.463. The van der Waals surface area contributed by atoms with Gasteiger partial charge in [-0.2, -0.15) is 11.8 Å². The molecule has 0 saturated heterocycles. The molecule has 0 fully saturated rings. The maximum atomic E-state index is 12.6. The summed E-state index contributed by atoms with van der Waals surface area (Å²) in [5.74, 6) is -3.63. The number of carbonyl (C=O) groups is 5. The molecule has 0 bridgehead atoms. The Morgan fingerprint density at radius 3 is 1.94 bits per heavy atom. The molecule has 3 amide bonds. The summed E-state index contributed by atoms with van der Waals surface area (Å²) in [6.45, 7) is 5.21. The van der Waals surface area contributed by atoms with Gasteiger partial charge >= 0.3 is 11.9 Å². The molecule has 0 heterocycles. The molecule has 0 aromatic carbocycles. The minimum Gasteiger partial charge on any atom is -0.481 e. The first kappa shape index (κ1) is 28.7. The number of thioether (sulfide) groups is 1. The summed E-state index contributed by atoms with van der Waals surface area (Å²) in [5.41, 5.74) is 5.87. The van der Waals surface area contributed by atoms with Gasteiger partial charge in [-0.3, -0.25) is 19.2 Å². The lowest BCUT2D eigenvalue weighted by atomic mass is 10.0. The second-order valence-electron chi connectivity index (χ2n) is 7.64. The summed E-state index contributed by atoms with van der Waals surface area (Å²) in [5, 5.41) is 25.1. The van der Waals surface area contributed by atoms with E-state index in [1.54, 1.807) is 0 Å². The van der Waals surface area contributed by atoms with Crippen molar-refractivity contribution >= 4 is 41.4 Å². The Labute approximate surface area is 186 Å². The molecule has 4 atom stereocenters. The van der Waals surface area contributed by atoms with Gasteiger partial charge in [0, 0.05) is 6.42 Å². The van der Waals surface area contributed by atoms with Crippen molar-refractivity contribution in [3.63, 3.8) is 0 Å². The van der Waals surface area contributed by atoms with Crippen LogP contribution < -0.4 is 21.7 Å². The quantitative estimate of drug-likeness (QED) is 0.187. The van der Waals surface area contributed by atoms with Gasteiger partial charge in [-0.05, 0) is 44.1 Å². The van der Waals surface area contributed by atoms with Crippen LogP contribution in [0, 0.1) is 5.92 Å². The zero-order chi connectivity index (χ0) is 24.1. The molecule has 0 aliphatic carbocycles. The zero-order valence-electron chi connectivity index (χ0n) is 18.3. The summed E-state index contributed by atoms with van der Waals surface area (Å²) >= 11 is 1.48. The number of amides is 3. The molecule has 0 rings (SSSR count). The van der Waals surface area contributed by atoms with Crippen molar-refractivity contribution in [3.8, 4) is 0 Å². The van der Waals surface area contributed by atoms with Crippen LogP contribution in [0.5, 0.6) is 0 Å². The van der Waals surface area contributed by atoms with Crippen LogP contribution in [0.25, 0.3) is 0 Å². The number of nitrogens with two attached hydrogens (primary N) is 1.